The van der Waals surface area contributed by atoms with Crippen molar-refractivity contribution in [1.82, 2.24) is 0 Å². The Kier molecular flexibility index (Phi) is 5.47. The predicted octanol–water partition coefficient (Wildman–Crippen LogP) is 5.03. The van der Waals surface area contributed by atoms with E-state index in [1.54, 1.807) is 24.3 Å². The molecule has 0 aliphatic heterocycles. The second kappa shape index (κ2) is 8.05. The van der Waals surface area contributed by atoms with Crippen molar-refractivity contribution in [1.29, 1.82) is 5.26 Å². The van der Waals surface area contributed by atoms with Gasteiger partial charge < -0.3 is 14.6 Å². The lowest BCUT2D eigenvalue weighted by Crippen LogP contribution is -2.62. The molecule has 0 radical (unpaired) electrons. The van der Waals surface area contributed by atoms with Gasteiger partial charge in [-0.05, 0) is 79.5 Å². The average Bonchev–Trinajstić information content (AvgIpc) is 3.41. The first-order valence-corrected chi connectivity index (χ1v) is 12.8. The van der Waals surface area contributed by atoms with Crippen LogP contribution >= 0.6 is 0 Å². The van der Waals surface area contributed by atoms with Crippen molar-refractivity contribution in [3.8, 4) is 6.07 Å². The molecule has 0 amide bonds. The third-order valence-electron chi connectivity index (χ3n) is 10.2. The predicted molar refractivity (Wildman–Crippen MR) is 128 cm³/mol. The normalized spacial score (nSPS) is 38.5. The minimum atomic E-state index is -1.24. The Balaban J connectivity index is 1.51. The summed E-state index contributed by atoms with van der Waals surface area (Å²) in [7, 11) is 0. The Bertz CT molecular complexity index is 1150. The van der Waals surface area contributed by atoms with Gasteiger partial charge in [0.25, 0.3) is 0 Å². The van der Waals surface area contributed by atoms with E-state index in [0.29, 0.717) is 35.8 Å². The van der Waals surface area contributed by atoms with Gasteiger partial charge in [0.05, 0.1) is 29.2 Å². The van der Waals surface area contributed by atoms with E-state index in [1.807, 2.05) is 19.9 Å². The summed E-state index contributed by atoms with van der Waals surface area (Å²) in [6.45, 7) is 6.39. The van der Waals surface area contributed by atoms with Gasteiger partial charge in [-0.25, -0.2) is 4.79 Å². The molecular weight excluding hydrogens is 442 g/mol. The number of hydrogen-bond donors (Lipinski definition) is 1. The number of nitriles is 1. The van der Waals surface area contributed by atoms with E-state index in [2.05, 4.69) is 13.0 Å². The minimum Gasteiger partial charge on any atom is -0.481 e. The van der Waals surface area contributed by atoms with E-state index in [4.69, 9.17) is 10.00 Å². The lowest BCUT2D eigenvalue weighted by atomic mass is 9.42. The topological polar surface area (TPSA) is 104 Å². The van der Waals surface area contributed by atoms with Crippen LogP contribution in [0.25, 0.3) is 0 Å². The standard InChI is InChI=1S/C29H33NO5/c1-17(2)24-12-21-13-28(16-31)23-9-4-18(3)22(23)14-27(21,29(24,28)26(33)34)10-11-35-25(32)20-7-5-19(15-30)6-8-20/h5-8,12,16-18,21-23H,4,9-11,13-14H2,1-3H3,(H,33,34)/t18-,21?,22?,23?,27?,28?,29?/m1/s1. The van der Waals surface area contributed by atoms with Crippen molar-refractivity contribution in [2.45, 2.75) is 52.9 Å². The first-order chi connectivity index (χ1) is 16.7. The molecule has 184 valence electrons. The van der Waals surface area contributed by atoms with Gasteiger partial charge in [0.15, 0.2) is 0 Å². The highest BCUT2D eigenvalue weighted by Gasteiger charge is 2.83. The maximum atomic E-state index is 13.4. The van der Waals surface area contributed by atoms with Gasteiger partial charge in [-0.2, -0.15) is 5.26 Å². The van der Waals surface area contributed by atoms with Gasteiger partial charge >= 0.3 is 11.9 Å². The van der Waals surface area contributed by atoms with Crippen LogP contribution in [-0.2, 0) is 14.3 Å². The number of aldehydes is 1. The van der Waals surface area contributed by atoms with Crippen LogP contribution in [0.5, 0.6) is 0 Å². The molecule has 7 atom stereocenters. The summed E-state index contributed by atoms with van der Waals surface area (Å²) in [6.07, 6.45) is 6.86. The van der Waals surface area contributed by atoms with E-state index in [0.717, 1.165) is 31.1 Å². The van der Waals surface area contributed by atoms with Crippen LogP contribution in [0.1, 0.15) is 68.8 Å². The number of allylic oxidation sites excluding steroid dienone is 1. The monoisotopic (exact) mass is 475 g/mol. The third-order valence-corrected chi connectivity index (χ3v) is 10.2. The molecule has 0 aromatic heterocycles. The van der Waals surface area contributed by atoms with Gasteiger partial charge in [-0.1, -0.05) is 38.8 Å². The highest BCUT2D eigenvalue weighted by Crippen LogP contribution is 2.83. The molecule has 4 aliphatic carbocycles. The Hall–Kier alpha value is -2.94. The largest absolute Gasteiger partial charge is 0.481 e. The summed E-state index contributed by atoms with van der Waals surface area (Å²) >= 11 is 0. The molecule has 1 N–H and O–H groups in total. The number of rotatable bonds is 7. The summed E-state index contributed by atoms with van der Waals surface area (Å²) in [5, 5.41) is 19.9. The Labute approximate surface area is 206 Å². The van der Waals surface area contributed by atoms with Gasteiger partial charge in [-0.3, -0.25) is 4.79 Å². The van der Waals surface area contributed by atoms with Crippen molar-refractivity contribution in [3.05, 3.63) is 47.0 Å². The maximum absolute atomic E-state index is 13.4. The van der Waals surface area contributed by atoms with Crippen molar-refractivity contribution < 1.29 is 24.2 Å². The summed E-state index contributed by atoms with van der Waals surface area (Å²) in [5.41, 5.74) is -1.06. The number of fused-ring (bicyclic) bond motifs is 2. The van der Waals surface area contributed by atoms with Crippen molar-refractivity contribution in [2.24, 2.45) is 45.8 Å². The molecule has 1 aromatic carbocycles. The van der Waals surface area contributed by atoms with Crippen LogP contribution in [0.15, 0.2) is 35.9 Å². The molecule has 0 saturated heterocycles. The maximum Gasteiger partial charge on any atom is 0.338 e. The van der Waals surface area contributed by atoms with Gasteiger partial charge in [0, 0.05) is 5.41 Å². The van der Waals surface area contributed by atoms with E-state index >= 15 is 0 Å². The molecule has 0 heterocycles. The molecule has 4 aliphatic rings. The second-order valence-electron chi connectivity index (χ2n) is 11.6. The van der Waals surface area contributed by atoms with Crippen LogP contribution in [0, 0.1) is 57.2 Å². The number of aliphatic carboxylic acids is 1. The molecule has 35 heavy (non-hydrogen) atoms. The lowest BCUT2D eigenvalue weighted by molar-refractivity contribution is -0.181. The third kappa shape index (κ3) is 2.84. The van der Waals surface area contributed by atoms with Crippen molar-refractivity contribution in [3.63, 3.8) is 0 Å². The number of carbonyl (C=O) groups excluding carboxylic acids is 2. The van der Waals surface area contributed by atoms with Gasteiger partial charge in [0.2, 0.25) is 0 Å². The van der Waals surface area contributed by atoms with Crippen LogP contribution in [0.4, 0.5) is 0 Å². The number of ether oxygens (including phenoxy) is 1. The van der Waals surface area contributed by atoms with E-state index in [1.165, 1.54) is 0 Å². The fourth-order valence-electron chi connectivity index (χ4n) is 8.92. The molecule has 6 unspecified atom stereocenters. The average molecular weight is 476 g/mol. The Morgan fingerprint density at radius 3 is 2.54 bits per heavy atom. The zero-order valence-electron chi connectivity index (χ0n) is 20.6. The lowest BCUT2D eigenvalue weighted by Gasteiger charge is -2.58. The number of carboxylic acid groups (broad SMARTS) is 1. The molecule has 4 bridgehead atoms. The van der Waals surface area contributed by atoms with Crippen LogP contribution in [0.2, 0.25) is 0 Å². The smallest absolute Gasteiger partial charge is 0.338 e. The molecule has 0 spiro atoms. The second-order valence-corrected chi connectivity index (χ2v) is 11.6. The zero-order chi connectivity index (χ0) is 25.2. The Morgan fingerprint density at radius 2 is 1.94 bits per heavy atom. The number of hydrogen-bond acceptors (Lipinski definition) is 5. The fraction of sp³-hybridized carbons (Fsp3) is 0.586. The van der Waals surface area contributed by atoms with Crippen LogP contribution in [0.3, 0.4) is 0 Å². The first kappa shape index (κ1) is 23.8. The molecule has 1 aromatic rings. The van der Waals surface area contributed by atoms with Gasteiger partial charge in [0.1, 0.15) is 11.7 Å². The number of carbonyl (C=O) groups is 3. The van der Waals surface area contributed by atoms with E-state index in [9.17, 15) is 19.5 Å². The quantitative estimate of drug-likeness (QED) is 0.337. The van der Waals surface area contributed by atoms with E-state index < -0.39 is 28.2 Å². The summed E-state index contributed by atoms with van der Waals surface area (Å²) in [6, 6.07) is 8.32. The van der Waals surface area contributed by atoms with Crippen LogP contribution < -0.4 is 0 Å². The summed E-state index contributed by atoms with van der Waals surface area (Å²) in [5.74, 6) is -0.506. The van der Waals surface area contributed by atoms with Crippen molar-refractivity contribution in [2.75, 3.05) is 6.61 Å². The summed E-state index contributed by atoms with van der Waals surface area (Å²) < 4.78 is 5.67. The van der Waals surface area contributed by atoms with E-state index in [-0.39, 0.29) is 24.4 Å². The zero-order valence-corrected chi connectivity index (χ0v) is 20.6. The number of nitrogens with zero attached hydrogens (tertiary/aromatic N) is 1. The fourth-order valence-corrected chi connectivity index (χ4v) is 8.92. The number of carboxylic acids is 1. The number of benzene rings is 1. The molecule has 6 nitrogen and oxygen atoms in total. The molecule has 6 heteroatoms. The molecule has 5 rings (SSSR count). The molecular formula is C29H33NO5. The van der Waals surface area contributed by atoms with Crippen LogP contribution in [-0.4, -0.2) is 29.9 Å². The van der Waals surface area contributed by atoms with Gasteiger partial charge in [-0.15, -0.1) is 0 Å². The Morgan fingerprint density at radius 1 is 1.23 bits per heavy atom. The highest BCUT2D eigenvalue weighted by molar-refractivity contribution is 5.91. The number of esters is 1. The SMILES string of the molecule is CC(C)C1=CC2CC3(C=O)C4CC[C@@H](C)C4CC2(CCOC(=O)c2ccc(C#N)cc2)C13C(=O)O. The highest BCUT2D eigenvalue weighted by atomic mass is 16.5. The summed E-state index contributed by atoms with van der Waals surface area (Å²) in [4.78, 5) is 39.1. The minimum absolute atomic E-state index is 0.00684. The molecule has 3 saturated carbocycles. The van der Waals surface area contributed by atoms with Crippen molar-refractivity contribution >= 4 is 18.2 Å². The first-order valence-electron chi connectivity index (χ1n) is 12.8. The molecule has 3 fully saturated rings.